The lowest BCUT2D eigenvalue weighted by atomic mass is 10.1. The molecule has 0 aliphatic carbocycles. The summed E-state index contributed by atoms with van der Waals surface area (Å²) in [5.41, 5.74) is 2.73. The molecule has 0 radical (unpaired) electrons. The molecule has 0 unspecified atom stereocenters. The van der Waals surface area contributed by atoms with Crippen LogP contribution in [-0.2, 0) is 22.6 Å². The third-order valence-electron chi connectivity index (χ3n) is 5.57. The number of carbonyl (C=O) groups is 3. The highest BCUT2D eigenvalue weighted by atomic mass is 35.5. The second-order valence-electron chi connectivity index (χ2n) is 8.04. The Bertz CT molecular complexity index is 1330. The molecule has 1 N–H and O–H groups in total. The van der Waals surface area contributed by atoms with E-state index in [9.17, 15) is 14.4 Å². The van der Waals surface area contributed by atoms with Crippen LogP contribution < -0.4 is 19.7 Å². The highest BCUT2D eigenvalue weighted by Crippen LogP contribution is 2.31. The van der Waals surface area contributed by atoms with Crippen molar-refractivity contribution in [1.29, 1.82) is 0 Å². The van der Waals surface area contributed by atoms with E-state index < -0.39 is 17.8 Å². The molecule has 4 amide bonds. The highest BCUT2D eigenvalue weighted by molar-refractivity contribution is 6.39. The van der Waals surface area contributed by atoms with E-state index in [1.54, 1.807) is 36.4 Å². The molecule has 0 aromatic heterocycles. The predicted molar refractivity (Wildman–Crippen MR) is 138 cm³/mol. The molecular formula is C28H25ClN2O5. The molecule has 1 heterocycles. The van der Waals surface area contributed by atoms with Crippen molar-refractivity contribution in [2.24, 2.45) is 0 Å². The lowest BCUT2D eigenvalue weighted by Crippen LogP contribution is -2.54. The van der Waals surface area contributed by atoms with Crippen LogP contribution >= 0.6 is 11.6 Å². The summed E-state index contributed by atoms with van der Waals surface area (Å²) >= 11 is 6.05. The number of hydrogen-bond donors (Lipinski definition) is 1. The summed E-state index contributed by atoms with van der Waals surface area (Å²) in [5.74, 6) is -0.496. The fraction of sp³-hybridized carbons (Fsp3) is 0.179. The summed E-state index contributed by atoms with van der Waals surface area (Å²) in [4.78, 5) is 39.1. The van der Waals surface area contributed by atoms with E-state index in [1.165, 1.54) is 6.08 Å². The van der Waals surface area contributed by atoms with Gasteiger partial charge in [0, 0.05) is 5.02 Å². The van der Waals surface area contributed by atoms with Crippen molar-refractivity contribution in [3.8, 4) is 11.5 Å². The summed E-state index contributed by atoms with van der Waals surface area (Å²) in [6.45, 7) is 4.54. The molecule has 3 aromatic rings. The summed E-state index contributed by atoms with van der Waals surface area (Å²) in [7, 11) is 0. The molecule has 36 heavy (non-hydrogen) atoms. The average Bonchev–Trinajstić information content (AvgIpc) is 2.86. The molecule has 8 heteroatoms. The van der Waals surface area contributed by atoms with Gasteiger partial charge in [0.25, 0.3) is 11.8 Å². The number of urea groups is 1. The number of amides is 4. The number of hydrogen-bond acceptors (Lipinski definition) is 5. The minimum Gasteiger partial charge on any atom is -0.490 e. The van der Waals surface area contributed by atoms with Crippen molar-refractivity contribution in [3.05, 3.63) is 94.0 Å². The van der Waals surface area contributed by atoms with E-state index in [-0.39, 0.29) is 12.2 Å². The molecule has 184 valence electrons. The Balaban J connectivity index is 1.60. The lowest BCUT2D eigenvalue weighted by Gasteiger charge is -2.26. The van der Waals surface area contributed by atoms with Crippen LogP contribution in [0.5, 0.6) is 11.5 Å². The van der Waals surface area contributed by atoms with Gasteiger partial charge in [-0.2, -0.15) is 0 Å². The van der Waals surface area contributed by atoms with Crippen LogP contribution in [-0.4, -0.2) is 24.5 Å². The van der Waals surface area contributed by atoms with Crippen LogP contribution in [0.25, 0.3) is 6.08 Å². The normalized spacial score (nSPS) is 14.7. The molecule has 1 fully saturated rings. The van der Waals surface area contributed by atoms with Gasteiger partial charge in [-0.1, -0.05) is 48.9 Å². The van der Waals surface area contributed by atoms with E-state index in [2.05, 4.69) is 5.32 Å². The van der Waals surface area contributed by atoms with Crippen LogP contribution in [0.4, 0.5) is 10.5 Å². The number of benzene rings is 3. The molecular weight excluding hydrogens is 480 g/mol. The minimum atomic E-state index is -0.786. The largest absolute Gasteiger partial charge is 0.490 e. The van der Waals surface area contributed by atoms with Crippen molar-refractivity contribution < 1.29 is 23.9 Å². The van der Waals surface area contributed by atoms with Crippen molar-refractivity contribution in [3.63, 3.8) is 0 Å². The van der Waals surface area contributed by atoms with E-state index in [0.717, 1.165) is 22.4 Å². The molecule has 0 saturated carbocycles. The monoisotopic (exact) mass is 504 g/mol. The van der Waals surface area contributed by atoms with Gasteiger partial charge in [0.05, 0.1) is 12.3 Å². The molecule has 1 aliphatic heterocycles. The average molecular weight is 505 g/mol. The molecule has 1 saturated heterocycles. The highest BCUT2D eigenvalue weighted by Gasteiger charge is 2.36. The Labute approximate surface area is 214 Å². The molecule has 0 spiro atoms. The van der Waals surface area contributed by atoms with E-state index >= 15 is 0 Å². The molecule has 7 nitrogen and oxygen atoms in total. The fourth-order valence-corrected chi connectivity index (χ4v) is 3.94. The first-order chi connectivity index (χ1) is 17.4. The van der Waals surface area contributed by atoms with Crippen LogP contribution in [0.15, 0.2) is 72.3 Å². The van der Waals surface area contributed by atoms with Gasteiger partial charge in [-0.05, 0) is 72.5 Å². The summed E-state index contributed by atoms with van der Waals surface area (Å²) in [6, 6.07) is 18.7. The van der Waals surface area contributed by atoms with Crippen LogP contribution in [0, 0.1) is 0 Å². The van der Waals surface area contributed by atoms with Gasteiger partial charge in [0.15, 0.2) is 11.5 Å². The Kier molecular flexibility index (Phi) is 7.71. The Morgan fingerprint density at radius 3 is 2.36 bits per heavy atom. The van der Waals surface area contributed by atoms with Crippen LogP contribution in [0.2, 0.25) is 5.02 Å². The lowest BCUT2D eigenvalue weighted by molar-refractivity contribution is -0.122. The number of nitrogens with one attached hydrogen (secondary N) is 1. The van der Waals surface area contributed by atoms with Crippen LogP contribution in [0.3, 0.4) is 0 Å². The summed E-state index contributed by atoms with van der Waals surface area (Å²) in [5, 5.41) is 2.86. The summed E-state index contributed by atoms with van der Waals surface area (Å²) < 4.78 is 11.7. The quantitative estimate of drug-likeness (QED) is 0.321. The van der Waals surface area contributed by atoms with E-state index in [0.29, 0.717) is 34.4 Å². The number of carbonyl (C=O) groups excluding carboxylic acids is 3. The van der Waals surface area contributed by atoms with E-state index in [4.69, 9.17) is 21.1 Å². The van der Waals surface area contributed by atoms with Crippen molar-refractivity contribution >= 4 is 41.2 Å². The smallest absolute Gasteiger partial charge is 0.335 e. The second kappa shape index (κ2) is 11.1. The Morgan fingerprint density at radius 2 is 1.67 bits per heavy atom. The van der Waals surface area contributed by atoms with Crippen molar-refractivity contribution in [2.75, 3.05) is 11.5 Å². The van der Waals surface area contributed by atoms with Crippen molar-refractivity contribution in [1.82, 2.24) is 5.32 Å². The molecule has 0 atom stereocenters. The SMILES string of the molecule is CCOc1cc(/C=C2\C(=O)NC(=O)N(c3ccc(CC)cc3)C2=O)ccc1OCc1cccc(Cl)c1. The minimum absolute atomic E-state index is 0.163. The van der Waals surface area contributed by atoms with E-state index in [1.807, 2.05) is 44.2 Å². The standard InChI is InChI=1S/C28H25ClN2O5/c1-3-18-8-11-22(12-9-18)31-27(33)23(26(32)30-28(31)34)15-19-10-13-24(25(16-19)35-4-2)36-17-20-6-5-7-21(29)14-20/h5-16H,3-4,17H2,1-2H3,(H,30,32,34)/b23-15+. The molecule has 3 aromatic carbocycles. The number of barbiturate groups is 1. The van der Waals surface area contributed by atoms with Crippen LogP contribution in [0.1, 0.15) is 30.5 Å². The topological polar surface area (TPSA) is 84.9 Å². The number of nitrogens with zero attached hydrogens (tertiary/aromatic N) is 1. The first-order valence-electron chi connectivity index (χ1n) is 11.5. The van der Waals surface area contributed by atoms with Gasteiger partial charge >= 0.3 is 6.03 Å². The second-order valence-corrected chi connectivity index (χ2v) is 8.47. The first kappa shape index (κ1) is 25.0. The maximum Gasteiger partial charge on any atom is 0.335 e. The van der Waals surface area contributed by atoms with Crippen molar-refractivity contribution in [2.45, 2.75) is 26.9 Å². The molecule has 1 aliphatic rings. The number of ether oxygens (including phenoxy) is 2. The first-order valence-corrected chi connectivity index (χ1v) is 11.9. The zero-order chi connectivity index (χ0) is 25.7. The number of rotatable bonds is 8. The maximum absolute atomic E-state index is 13.2. The predicted octanol–water partition coefficient (Wildman–Crippen LogP) is 5.55. The van der Waals surface area contributed by atoms with Gasteiger partial charge in [-0.25, -0.2) is 9.69 Å². The molecule has 4 rings (SSSR count). The number of halogens is 1. The Hall–Kier alpha value is -4.10. The summed E-state index contributed by atoms with van der Waals surface area (Å²) in [6.07, 6.45) is 2.26. The van der Waals surface area contributed by atoms with Gasteiger partial charge < -0.3 is 9.47 Å². The molecule has 0 bridgehead atoms. The van der Waals surface area contributed by atoms with Gasteiger partial charge in [0.1, 0.15) is 12.2 Å². The number of anilines is 1. The van der Waals surface area contributed by atoms with Gasteiger partial charge in [-0.15, -0.1) is 0 Å². The number of aryl methyl sites for hydroxylation is 1. The third-order valence-corrected chi connectivity index (χ3v) is 5.80. The zero-order valence-electron chi connectivity index (χ0n) is 19.9. The third kappa shape index (κ3) is 5.58. The zero-order valence-corrected chi connectivity index (χ0v) is 20.7. The fourth-order valence-electron chi connectivity index (χ4n) is 3.73. The van der Waals surface area contributed by atoms with Gasteiger partial charge in [-0.3, -0.25) is 14.9 Å². The Morgan fingerprint density at radius 1 is 0.889 bits per heavy atom. The maximum atomic E-state index is 13.2. The number of imide groups is 2. The van der Waals surface area contributed by atoms with Gasteiger partial charge in [0.2, 0.25) is 0 Å².